The highest BCUT2D eigenvalue weighted by atomic mass is 16.5. The molecule has 2 amide bonds. The number of fused-ring (bicyclic) bond motifs is 1. The maximum Gasteiger partial charge on any atom is 0.271 e. The third-order valence-corrected chi connectivity index (χ3v) is 4.27. The van der Waals surface area contributed by atoms with E-state index in [0.29, 0.717) is 22.7 Å². The summed E-state index contributed by atoms with van der Waals surface area (Å²) in [5, 5.41) is 3.84. The second-order valence-corrected chi connectivity index (χ2v) is 6.37. The van der Waals surface area contributed by atoms with Crippen molar-refractivity contribution in [2.75, 3.05) is 19.0 Å². The molecule has 28 heavy (non-hydrogen) atoms. The summed E-state index contributed by atoms with van der Waals surface area (Å²) in [5.74, 6) is -0.173. The van der Waals surface area contributed by atoms with Gasteiger partial charge in [0.05, 0.1) is 36.1 Å². The van der Waals surface area contributed by atoms with Gasteiger partial charge in [-0.15, -0.1) is 0 Å². The Labute approximate surface area is 163 Å². The maximum atomic E-state index is 12.5. The van der Waals surface area contributed by atoms with Crippen molar-refractivity contribution in [3.63, 3.8) is 0 Å². The van der Waals surface area contributed by atoms with E-state index in [2.05, 4.69) is 21.2 Å². The SMILES string of the molecule is COc1ccccc1NCC(=O)NNC(=O)c1cc2cc(C)ccc2nc1C. The predicted molar refractivity (Wildman–Crippen MR) is 108 cm³/mol. The molecule has 3 rings (SSSR count). The van der Waals surface area contributed by atoms with Crippen molar-refractivity contribution in [1.29, 1.82) is 0 Å². The molecule has 0 aliphatic heterocycles. The molecule has 3 aromatic rings. The molecule has 3 N–H and O–H groups in total. The van der Waals surface area contributed by atoms with Gasteiger partial charge in [-0.1, -0.05) is 23.8 Å². The number of aromatic nitrogens is 1. The van der Waals surface area contributed by atoms with Crippen molar-refractivity contribution in [3.8, 4) is 5.75 Å². The second kappa shape index (κ2) is 8.39. The van der Waals surface area contributed by atoms with Crippen molar-refractivity contribution in [3.05, 3.63) is 65.4 Å². The molecule has 144 valence electrons. The van der Waals surface area contributed by atoms with Gasteiger partial charge in [-0.3, -0.25) is 25.4 Å². The average Bonchev–Trinajstić information content (AvgIpc) is 2.70. The van der Waals surface area contributed by atoms with Gasteiger partial charge in [0, 0.05) is 5.39 Å². The molecule has 0 saturated carbocycles. The van der Waals surface area contributed by atoms with Crippen LogP contribution in [0.1, 0.15) is 21.6 Å². The number of aryl methyl sites for hydroxylation is 2. The molecule has 2 aromatic carbocycles. The van der Waals surface area contributed by atoms with E-state index < -0.39 is 5.91 Å². The Morgan fingerprint density at radius 1 is 1.04 bits per heavy atom. The molecule has 0 radical (unpaired) electrons. The van der Waals surface area contributed by atoms with Crippen molar-refractivity contribution < 1.29 is 14.3 Å². The summed E-state index contributed by atoms with van der Waals surface area (Å²) in [5.41, 5.74) is 8.44. The van der Waals surface area contributed by atoms with Crippen LogP contribution in [-0.4, -0.2) is 30.5 Å². The molecular weight excluding hydrogens is 356 g/mol. The van der Waals surface area contributed by atoms with Crippen LogP contribution in [-0.2, 0) is 4.79 Å². The van der Waals surface area contributed by atoms with Crippen LogP contribution in [0.25, 0.3) is 10.9 Å². The van der Waals surface area contributed by atoms with Gasteiger partial charge in [0.15, 0.2) is 0 Å². The van der Waals surface area contributed by atoms with E-state index in [1.54, 1.807) is 32.2 Å². The van der Waals surface area contributed by atoms with Crippen LogP contribution < -0.4 is 20.9 Å². The summed E-state index contributed by atoms with van der Waals surface area (Å²) in [4.78, 5) is 29.0. The molecule has 0 saturated heterocycles. The second-order valence-electron chi connectivity index (χ2n) is 6.37. The molecule has 0 spiro atoms. The van der Waals surface area contributed by atoms with Crippen molar-refractivity contribution in [1.82, 2.24) is 15.8 Å². The van der Waals surface area contributed by atoms with E-state index in [0.717, 1.165) is 16.5 Å². The minimum Gasteiger partial charge on any atom is -0.495 e. The molecule has 1 aromatic heterocycles. The van der Waals surface area contributed by atoms with Gasteiger partial charge >= 0.3 is 0 Å². The van der Waals surface area contributed by atoms with E-state index in [1.165, 1.54) is 0 Å². The number of anilines is 1. The van der Waals surface area contributed by atoms with Crippen LogP contribution in [0.3, 0.4) is 0 Å². The Balaban J connectivity index is 1.61. The van der Waals surface area contributed by atoms with Gasteiger partial charge in [0.25, 0.3) is 11.8 Å². The number of nitrogens with zero attached hydrogens (tertiary/aromatic N) is 1. The molecule has 1 heterocycles. The monoisotopic (exact) mass is 378 g/mol. The third kappa shape index (κ3) is 4.37. The number of pyridine rings is 1. The van der Waals surface area contributed by atoms with Crippen LogP contribution in [0.4, 0.5) is 5.69 Å². The van der Waals surface area contributed by atoms with Crippen LogP contribution in [0.2, 0.25) is 0 Å². The number of carbonyl (C=O) groups is 2. The predicted octanol–water partition coefficient (Wildman–Crippen LogP) is 2.73. The lowest BCUT2D eigenvalue weighted by atomic mass is 10.1. The van der Waals surface area contributed by atoms with Gasteiger partial charge in [-0.2, -0.15) is 0 Å². The lowest BCUT2D eigenvalue weighted by Crippen LogP contribution is -2.44. The van der Waals surface area contributed by atoms with Crippen molar-refractivity contribution in [2.45, 2.75) is 13.8 Å². The van der Waals surface area contributed by atoms with Gasteiger partial charge in [-0.25, -0.2) is 0 Å². The Hall–Kier alpha value is -3.61. The number of hydrogen-bond donors (Lipinski definition) is 3. The number of para-hydroxylation sites is 2. The first-order valence-electron chi connectivity index (χ1n) is 8.82. The Morgan fingerprint density at radius 3 is 2.61 bits per heavy atom. The Morgan fingerprint density at radius 2 is 1.82 bits per heavy atom. The first kappa shape index (κ1) is 19.2. The zero-order chi connectivity index (χ0) is 20.1. The average molecular weight is 378 g/mol. The zero-order valence-corrected chi connectivity index (χ0v) is 16.0. The van der Waals surface area contributed by atoms with E-state index in [1.807, 2.05) is 37.3 Å². The summed E-state index contributed by atoms with van der Waals surface area (Å²) < 4.78 is 5.22. The van der Waals surface area contributed by atoms with Crippen LogP contribution in [0, 0.1) is 13.8 Å². The fourth-order valence-electron chi connectivity index (χ4n) is 2.83. The summed E-state index contributed by atoms with van der Waals surface area (Å²) in [6, 6.07) is 14.9. The summed E-state index contributed by atoms with van der Waals surface area (Å²) in [6.45, 7) is 3.72. The standard InChI is InChI=1S/C21H22N4O3/c1-13-8-9-17-15(10-13)11-16(14(2)23-17)21(27)25-24-20(26)12-22-18-6-4-5-7-19(18)28-3/h4-11,22H,12H2,1-3H3,(H,24,26)(H,25,27). The van der Waals surface area contributed by atoms with E-state index in [-0.39, 0.29) is 12.5 Å². The maximum absolute atomic E-state index is 12.5. The topological polar surface area (TPSA) is 92.4 Å². The van der Waals surface area contributed by atoms with Crippen LogP contribution >= 0.6 is 0 Å². The summed E-state index contributed by atoms with van der Waals surface area (Å²) in [6.07, 6.45) is 0. The number of hydrogen-bond acceptors (Lipinski definition) is 5. The van der Waals surface area contributed by atoms with Gasteiger partial charge in [-0.05, 0) is 44.2 Å². The fourth-order valence-corrected chi connectivity index (χ4v) is 2.83. The molecule has 0 fully saturated rings. The molecule has 0 aliphatic carbocycles. The van der Waals surface area contributed by atoms with E-state index in [4.69, 9.17) is 4.74 Å². The first-order valence-corrected chi connectivity index (χ1v) is 8.82. The minimum absolute atomic E-state index is 0.0190. The number of hydrazine groups is 1. The first-order chi connectivity index (χ1) is 13.5. The zero-order valence-electron chi connectivity index (χ0n) is 16.0. The lowest BCUT2D eigenvalue weighted by molar-refractivity contribution is -0.120. The van der Waals surface area contributed by atoms with Gasteiger partial charge < -0.3 is 10.1 Å². The highest BCUT2D eigenvalue weighted by Crippen LogP contribution is 2.22. The van der Waals surface area contributed by atoms with E-state index >= 15 is 0 Å². The van der Waals surface area contributed by atoms with Gasteiger partial charge in [0.1, 0.15) is 5.75 Å². The molecule has 0 bridgehead atoms. The smallest absolute Gasteiger partial charge is 0.271 e. The van der Waals surface area contributed by atoms with Crippen molar-refractivity contribution in [2.24, 2.45) is 0 Å². The molecule has 0 aliphatic rings. The number of carbonyl (C=O) groups excluding carboxylic acids is 2. The molecule has 0 atom stereocenters. The number of amides is 2. The largest absolute Gasteiger partial charge is 0.495 e. The number of rotatable bonds is 5. The minimum atomic E-state index is -0.418. The molecule has 7 nitrogen and oxygen atoms in total. The number of nitrogens with one attached hydrogen (secondary N) is 3. The molecule has 7 heteroatoms. The summed E-state index contributed by atoms with van der Waals surface area (Å²) in [7, 11) is 1.56. The third-order valence-electron chi connectivity index (χ3n) is 4.27. The number of benzene rings is 2. The van der Waals surface area contributed by atoms with Crippen LogP contribution in [0.15, 0.2) is 48.5 Å². The van der Waals surface area contributed by atoms with Crippen LogP contribution in [0.5, 0.6) is 5.75 Å². The number of ether oxygens (including phenoxy) is 1. The molecule has 0 unspecified atom stereocenters. The lowest BCUT2D eigenvalue weighted by Gasteiger charge is -2.12. The van der Waals surface area contributed by atoms with Gasteiger partial charge in [0.2, 0.25) is 0 Å². The van der Waals surface area contributed by atoms with Crippen molar-refractivity contribution >= 4 is 28.4 Å². The highest BCUT2D eigenvalue weighted by molar-refractivity contribution is 5.99. The normalized spacial score (nSPS) is 10.4. The van der Waals surface area contributed by atoms with E-state index in [9.17, 15) is 9.59 Å². The fraction of sp³-hybridized carbons (Fsp3) is 0.190. The quantitative estimate of drug-likeness (QED) is 0.594. The highest BCUT2D eigenvalue weighted by Gasteiger charge is 2.13. The Kier molecular flexibility index (Phi) is 5.74. The molecular formula is C21H22N4O3. The Bertz CT molecular complexity index is 1030. The summed E-state index contributed by atoms with van der Waals surface area (Å²) >= 11 is 0. The number of methoxy groups -OCH3 is 1.